The number of aliphatic hydroxyl groups is 2. The molecule has 2 heterocycles. The number of rotatable bonds is 6. The molecular weight excluding hydrogens is 446 g/mol. The lowest BCUT2D eigenvalue weighted by Gasteiger charge is -2.39. The molecule has 198 valence electrons. The van der Waals surface area contributed by atoms with E-state index in [1.807, 2.05) is 11.9 Å². The lowest BCUT2D eigenvalue weighted by Crippen LogP contribution is -2.52. The van der Waals surface area contributed by atoms with E-state index < -0.39 is 24.2 Å². The van der Waals surface area contributed by atoms with Crippen molar-refractivity contribution in [3.63, 3.8) is 0 Å². The van der Waals surface area contributed by atoms with Crippen LogP contribution in [0.15, 0.2) is 0 Å². The maximum Gasteiger partial charge on any atom is 0.230 e. The number of hydrogen-bond donors (Lipinski definition) is 3. The molecule has 8 heteroatoms. The zero-order valence-corrected chi connectivity index (χ0v) is 21.3. The first-order chi connectivity index (χ1) is 16.9. The number of fused-ring (bicyclic) bond motifs is 1. The molecule has 0 aromatic carbocycles. The van der Waals surface area contributed by atoms with Gasteiger partial charge in [0.1, 0.15) is 0 Å². The van der Waals surface area contributed by atoms with Gasteiger partial charge in [-0.2, -0.15) is 0 Å². The van der Waals surface area contributed by atoms with E-state index in [4.69, 9.17) is 4.74 Å². The molecule has 0 bridgehead atoms. The molecule has 2 saturated heterocycles. The van der Waals surface area contributed by atoms with E-state index in [2.05, 4.69) is 5.32 Å². The van der Waals surface area contributed by atoms with Gasteiger partial charge in [0.2, 0.25) is 11.8 Å². The Morgan fingerprint density at radius 2 is 1.83 bits per heavy atom. The number of aliphatic hydroxyl groups excluding tert-OH is 2. The average Bonchev–Trinajstić information content (AvgIpc) is 3.41. The van der Waals surface area contributed by atoms with Crippen molar-refractivity contribution in [2.45, 2.75) is 101 Å². The van der Waals surface area contributed by atoms with Crippen molar-refractivity contribution in [2.75, 3.05) is 33.3 Å². The summed E-state index contributed by atoms with van der Waals surface area (Å²) in [6.45, 7) is 2.83. The van der Waals surface area contributed by atoms with Crippen molar-refractivity contribution < 1.29 is 24.5 Å². The highest BCUT2D eigenvalue weighted by Gasteiger charge is 2.48. The average molecular weight is 492 g/mol. The molecule has 8 nitrogen and oxygen atoms in total. The molecular formula is C27H45N3O5. The minimum atomic E-state index is -0.862. The summed E-state index contributed by atoms with van der Waals surface area (Å²) in [5.41, 5.74) is 0. The Kier molecular flexibility index (Phi) is 8.02. The van der Waals surface area contributed by atoms with Crippen LogP contribution in [0.5, 0.6) is 0 Å². The van der Waals surface area contributed by atoms with E-state index >= 15 is 0 Å². The molecule has 0 aromatic rings. The van der Waals surface area contributed by atoms with Gasteiger partial charge in [0.05, 0.1) is 24.2 Å². The molecule has 3 saturated carbocycles. The first kappa shape index (κ1) is 25.4. The number of nitrogens with zero attached hydrogens (tertiary/aromatic N) is 2. The van der Waals surface area contributed by atoms with Crippen LogP contribution in [-0.2, 0) is 14.3 Å². The molecule has 2 aliphatic heterocycles. The Balaban J connectivity index is 1.22. The van der Waals surface area contributed by atoms with Crippen molar-refractivity contribution in [1.29, 1.82) is 0 Å². The Morgan fingerprint density at radius 3 is 2.57 bits per heavy atom. The van der Waals surface area contributed by atoms with Gasteiger partial charge < -0.3 is 30.1 Å². The highest BCUT2D eigenvalue weighted by Crippen LogP contribution is 2.39. The third-order valence-corrected chi connectivity index (χ3v) is 9.59. The van der Waals surface area contributed by atoms with Gasteiger partial charge in [-0.1, -0.05) is 25.7 Å². The smallest absolute Gasteiger partial charge is 0.230 e. The molecule has 35 heavy (non-hydrogen) atoms. The Bertz CT molecular complexity index is 759. The van der Waals surface area contributed by atoms with E-state index in [-0.39, 0.29) is 24.3 Å². The summed E-state index contributed by atoms with van der Waals surface area (Å²) in [6, 6.07) is 0.521. The fourth-order valence-electron chi connectivity index (χ4n) is 7.64. The maximum atomic E-state index is 13.8. The third-order valence-electron chi connectivity index (χ3n) is 9.59. The van der Waals surface area contributed by atoms with Gasteiger partial charge in [-0.25, -0.2) is 0 Å². The van der Waals surface area contributed by atoms with E-state index in [1.54, 1.807) is 4.90 Å². The topological polar surface area (TPSA) is 102 Å². The fourth-order valence-corrected chi connectivity index (χ4v) is 7.64. The first-order valence-electron chi connectivity index (χ1n) is 14.2. The SMILES string of the molecule is CN1C[C@@H](NC2CCCC3CN(C(=O)C4C(O)CC(O)CC4OCC4CCCCC4)CC32)CC1=O. The van der Waals surface area contributed by atoms with Crippen LogP contribution in [0.3, 0.4) is 0 Å². The maximum absolute atomic E-state index is 13.8. The summed E-state index contributed by atoms with van der Waals surface area (Å²) < 4.78 is 6.29. The number of nitrogens with one attached hydrogen (secondary N) is 1. The van der Waals surface area contributed by atoms with Gasteiger partial charge in [-0.05, 0) is 43.4 Å². The van der Waals surface area contributed by atoms with Crippen LogP contribution in [0.2, 0.25) is 0 Å². The third kappa shape index (κ3) is 5.71. The standard InChI is InChI=1S/C27H45N3O5/c1-29-14-19(10-25(29)33)28-22-9-5-8-18-13-30(15-21(18)22)27(34)26-23(32)11-20(31)12-24(26)35-16-17-6-3-2-4-7-17/h17-24,26,28,31-32H,2-16H2,1H3/t18?,19-,20?,21?,22?,23?,24?,26?/m0/s1. The monoisotopic (exact) mass is 491 g/mol. The van der Waals surface area contributed by atoms with Crippen LogP contribution in [0.4, 0.5) is 0 Å². The second-order valence-corrected chi connectivity index (χ2v) is 12.1. The van der Waals surface area contributed by atoms with Gasteiger partial charge in [-0.3, -0.25) is 9.59 Å². The molecule has 5 aliphatic rings. The highest BCUT2D eigenvalue weighted by molar-refractivity contribution is 5.80. The number of likely N-dealkylation sites (N-methyl/N-ethyl adjacent to an activating group) is 1. The van der Waals surface area contributed by atoms with Gasteiger partial charge in [-0.15, -0.1) is 0 Å². The largest absolute Gasteiger partial charge is 0.393 e. The molecule has 5 rings (SSSR count). The Labute approximate surface area is 209 Å². The molecule has 3 N–H and O–H groups in total. The van der Waals surface area contributed by atoms with Crippen LogP contribution in [0, 0.1) is 23.7 Å². The van der Waals surface area contributed by atoms with Crippen LogP contribution in [0.1, 0.15) is 70.6 Å². The quantitative estimate of drug-likeness (QED) is 0.521. The fraction of sp³-hybridized carbons (Fsp3) is 0.926. The van der Waals surface area contributed by atoms with E-state index in [0.29, 0.717) is 49.8 Å². The number of likely N-dealkylation sites (tertiary alicyclic amines) is 2. The molecule has 0 spiro atoms. The Morgan fingerprint density at radius 1 is 1.03 bits per heavy atom. The lowest BCUT2D eigenvalue weighted by atomic mass is 9.78. The van der Waals surface area contributed by atoms with Crippen molar-refractivity contribution in [2.24, 2.45) is 23.7 Å². The predicted octanol–water partition coefficient (Wildman–Crippen LogP) is 1.53. The molecule has 8 atom stereocenters. The number of carbonyl (C=O) groups excluding carboxylic acids is 2. The van der Waals surface area contributed by atoms with Crippen LogP contribution >= 0.6 is 0 Å². The van der Waals surface area contributed by atoms with Crippen LogP contribution in [-0.4, -0.2) is 95.5 Å². The molecule has 3 aliphatic carbocycles. The number of ether oxygens (including phenoxy) is 1. The van der Waals surface area contributed by atoms with E-state index in [9.17, 15) is 19.8 Å². The van der Waals surface area contributed by atoms with Gasteiger partial charge in [0.15, 0.2) is 0 Å². The molecule has 2 amide bonds. The minimum absolute atomic E-state index is 0.00183. The van der Waals surface area contributed by atoms with Crippen molar-refractivity contribution in [1.82, 2.24) is 15.1 Å². The summed E-state index contributed by atoms with van der Waals surface area (Å²) >= 11 is 0. The number of amides is 2. The second kappa shape index (κ2) is 11.0. The summed E-state index contributed by atoms with van der Waals surface area (Å²) in [5.74, 6) is 0.996. The van der Waals surface area contributed by atoms with Crippen molar-refractivity contribution in [3.05, 3.63) is 0 Å². The highest BCUT2D eigenvalue weighted by atomic mass is 16.5. The van der Waals surface area contributed by atoms with E-state index in [1.165, 1.54) is 32.1 Å². The zero-order valence-electron chi connectivity index (χ0n) is 21.3. The summed E-state index contributed by atoms with van der Waals surface area (Å²) in [6.07, 6.45) is 8.80. The first-order valence-corrected chi connectivity index (χ1v) is 14.2. The molecule has 0 aromatic heterocycles. The van der Waals surface area contributed by atoms with Gasteiger partial charge in [0, 0.05) is 64.6 Å². The summed E-state index contributed by atoms with van der Waals surface area (Å²) in [7, 11) is 1.86. The van der Waals surface area contributed by atoms with Gasteiger partial charge >= 0.3 is 0 Å². The second-order valence-electron chi connectivity index (χ2n) is 12.1. The van der Waals surface area contributed by atoms with Crippen LogP contribution in [0.25, 0.3) is 0 Å². The predicted molar refractivity (Wildman–Crippen MR) is 131 cm³/mol. The summed E-state index contributed by atoms with van der Waals surface area (Å²) in [5, 5.41) is 25.0. The number of carbonyl (C=O) groups is 2. The van der Waals surface area contributed by atoms with E-state index in [0.717, 1.165) is 32.4 Å². The van der Waals surface area contributed by atoms with Crippen molar-refractivity contribution >= 4 is 11.8 Å². The normalized spacial score (nSPS) is 40.8. The van der Waals surface area contributed by atoms with Crippen LogP contribution < -0.4 is 5.32 Å². The van der Waals surface area contributed by atoms with Gasteiger partial charge in [0.25, 0.3) is 0 Å². The molecule has 7 unspecified atom stereocenters. The molecule has 0 radical (unpaired) electrons. The van der Waals surface area contributed by atoms with Crippen molar-refractivity contribution in [3.8, 4) is 0 Å². The molecule has 5 fully saturated rings. The minimum Gasteiger partial charge on any atom is -0.393 e. The zero-order chi connectivity index (χ0) is 24.5. The summed E-state index contributed by atoms with van der Waals surface area (Å²) in [4.78, 5) is 29.6. The lowest BCUT2D eigenvalue weighted by molar-refractivity contribution is -0.158. The Hall–Kier alpha value is -1.22. The number of hydrogen-bond acceptors (Lipinski definition) is 6.